The summed E-state index contributed by atoms with van der Waals surface area (Å²) in [6, 6.07) is 5.11. The second-order valence-electron chi connectivity index (χ2n) is 4.86. The molecule has 0 bridgehead atoms. The van der Waals surface area contributed by atoms with Crippen LogP contribution in [0.15, 0.2) is 27.6 Å². The number of nitrogens with one attached hydrogen (secondary N) is 1. The molecule has 8 heteroatoms. The SMILES string of the molecule is CNC(=S)N1CCN(S(=O)(=O)c2ccc(Br)c(C)c2)CC1. The van der Waals surface area contributed by atoms with Crippen molar-refractivity contribution in [3.8, 4) is 0 Å². The summed E-state index contributed by atoms with van der Waals surface area (Å²) in [6.07, 6.45) is 0. The Morgan fingerprint density at radius 3 is 2.43 bits per heavy atom. The summed E-state index contributed by atoms with van der Waals surface area (Å²) < 4.78 is 27.7. The third kappa shape index (κ3) is 3.56. The molecule has 0 spiro atoms. The number of piperazine rings is 1. The number of rotatable bonds is 2. The highest BCUT2D eigenvalue weighted by atomic mass is 79.9. The molecule has 21 heavy (non-hydrogen) atoms. The lowest BCUT2D eigenvalue weighted by molar-refractivity contribution is 0.265. The molecule has 0 unspecified atom stereocenters. The fourth-order valence-electron chi connectivity index (χ4n) is 2.22. The molecule has 1 aliphatic rings. The zero-order valence-corrected chi connectivity index (χ0v) is 15.2. The van der Waals surface area contributed by atoms with Crippen LogP contribution in [-0.4, -0.2) is 56.0 Å². The standard InChI is InChI=1S/C13H18BrN3O2S2/c1-10-9-11(3-4-12(10)14)21(18,19)17-7-5-16(6-8-17)13(20)15-2/h3-4,9H,5-8H2,1-2H3,(H,15,20). The van der Waals surface area contributed by atoms with Crippen molar-refractivity contribution in [2.24, 2.45) is 0 Å². The molecule has 2 rings (SSSR count). The summed E-state index contributed by atoms with van der Waals surface area (Å²) in [5.74, 6) is 0. The molecule has 1 fully saturated rings. The number of sulfonamides is 1. The van der Waals surface area contributed by atoms with Crippen molar-refractivity contribution in [2.45, 2.75) is 11.8 Å². The van der Waals surface area contributed by atoms with Gasteiger partial charge in [0.15, 0.2) is 5.11 Å². The van der Waals surface area contributed by atoms with Gasteiger partial charge in [-0.05, 0) is 42.9 Å². The number of hydrogen-bond acceptors (Lipinski definition) is 3. The van der Waals surface area contributed by atoms with Gasteiger partial charge in [0.05, 0.1) is 4.90 Å². The fourth-order valence-corrected chi connectivity index (χ4v) is 4.15. The molecule has 0 saturated carbocycles. The van der Waals surface area contributed by atoms with Crippen molar-refractivity contribution in [3.63, 3.8) is 0 Å². The summed E-state index contributed by atoms with van der Waals surface area (Å²) in [7, 11) is -1.66. The van der Waals surface area contributed by atoms with Gasteiger partial charge in [0.1, 0.15) is 0 Å². The fraction of sp³-hybridized carbons (Fsp3) is 0.462. The molecule has 0 aliphatic carbocycles. The lowest BCUT2D eigenvalue weighted by Crippen LogP contribution is -2.52. The maximum atomic E-state index is 12.6. The van der Waals surface area contributed by atoms with Crippen LogP contribution in [-0.2, 0) is 10.0 Å². The number of thiocarbonyl (C=S) groups is 1. The summed E-state index contributed by atoms with van der Waals surface area (Å²) >= 11 is 8.56. The first kappa shape index (κ1) is 16.7. The molecule has 0 aromatic heterocycles. The topological polar surface area (TPSA) is 52.6 Å². The number of nitrogens with zero attached hydrogens (tertiary/aromatic N) is 2. The quantitative estimate of drug-likeness (QED) is 0.775. The van der Waals surface area contributed by atoms with E-state index in [1.165, 1.54) is 4.31 Å². The molecule has 5 nitrogen and oxygen atoms in total. The Hall–Kier alpha value is -0.700. The van der Waals surface area contributed by atoms with Gasteiger partial charge in [-0.2, -0.15) is 4.31 Å². The zero-order valence-electron chi connectivity index (χ0n) is 12.0. The van der Waals surface area contributed by atoms with Crippen molar-refractivity contribution >= 4 is 43.3 Å². The maximum absolute atomic E-state index is 12.6. The average Bonchev–Trinajstić information content (AvgIpc) is 2.49. The number of benzene rings is 1. The molecular formula is C13H18BrN3O2S2. The second-order valence-corrected chi connectivity index (χ2v) is 8.04. The van der Waals surface area contributed by atoms with Crippen LogP contribution < -0.4 is 5.32 Å². The van der Waals surface area contributed by atoms with E-state index in [0.29, 0.717) is 36.2 Å². The van der Waals surface area contributed by atoms with E-state index in [1.54, 1.807) is 25.2 Å². The molecule has 0 atom stereocenters. The van der Waals surface area contributed by atoms with Crippen LogP contribution in [0.25, 0.3) is 0 Å². The third-order valence-electron chi connectivity index (χ3n) is 3.51. The van der Waals surface area contributed by atoms with Crippen LogP contribution in [0, 0.1) is 6.92 Å². The molecule has 116 valence electrons. The highest BCUT2D eigenvalue weighted by molar-refractivity contribution is 9.10. The van der Waals surface area contributed by atoms with E-state index in [1.807, 2.05) is 11.8 Å². The largest absolute Gasteiger partial charge is 0.366 e. The van der Waals surface area contributed by atoms with Crippen molar-refractivity contribution in [1.82, 2.24) is 14.5 Å². The van der Waals surface area contributed by atoms with Crippen LogP contribution in [0.2, 0.25) is 0 Å². The minimum atomic E-state index is -3.43. The smallest absolute Gasteiger partial charge is 0.243 e. The van der Waals surface area contributed by atoms with Gasteiger partial charge in [-0.3, -0.25) is 0 Å². The molecule has 0 amide bonds. The number of halogens is 1. The number of hydrogen-bond donors (Lipinski definition) is 1. The summed E-state index contributed by atoms with van der Waals surface area (Å²) in [5, 5.41) is 3.58. The first-order valence-electron chi connectivity index (χ1n) is 6.59. The van der Waals surface area contributed by atoms with Crippen molar-refractivity contribution in [2.75, 3.05) is 33.2 Å². The van der Waals surface area contributed by atoms with Crippen LogP contribution in [0.3, 0.4) is 0 Å². The van der Waals surface area contributed by atoms with Gasteiger partial charge in [-0.15, -0.1) is 0 Å². The van der Waals surface area contributed by atoms with E-state index in [4.69, 9.17) is 12.2 Å². The predicted octanol–water partition coefficient (Wildman–Crippen LogP) is 1.57. The molecule has 1 aromatic rings. The molecule has 1 aliphatic heterocycles. The maximum Gasteiger partial charge on any atom is 0.243 e. The van der Waals surface area contributed by atoms with Crippen molar-refractivity contribution in [1.29, 1.82) is 0 Å². The highest BCUT2D eigenvalue weighted by Crippen LogP contribution is 2.23. The summed E-state index contributed by atoms with van der Waals surface area (Å²) in [5.41, 5.74) is 0.908. The average molecular weight is 392 g/mol. The lowest BCUT2D eigenvalue weighted by atomic mass is 10.2. The third-order valence-corrected chi connectivity index (χ3v) is 6.75. The second kappa shape index (κ2) is 6.60. The van der Waals surface area contributed by atoms with E-state index in [0.717, 1.165) is 10.0 Å². The lowest BCUT2D eigenvalue weighted by Gasteiger charge is -2.35. The van der Waals surface area contributed by atoms with E-state index >= 15 is 0 Å². The van der Waals surface area contributed by atoms with Gasteiger partial charge in [0, 0.05) is 37.7 Å². The molecule has 1 saturated heterocycles. The Labute approximate surface area is 139 Å². The van der Waals surface area contributed by atoms with Crippen molar-refractivity contribution in [3.05, 3.63) is 28.2 Å². The summed E-state index contributed by atoms with van der Waals surface area (Å²) in [4.78, 5) is 2.32. The monoisotopic (exact) mass is 391 g/mol. The van der Waals surface area contributed by atoms with Gasteiger partial charge in [-0.1, -0.05) is 15.9 Å². The minimum Gasteiger partial charge on any atom is -0.366 e. The van der Waals surface area contributed by atoms with Gasteiger partial charge in [0.25, 0.3) is 0 Å². The van der Waals surface area contributed by atoms with Gasteiger partial charge in [0.2, 0.25) is 10.0 Å². The molecule has 0 radical (unpaired) electrons. The van der Waals surface area contributed by atoms with E-state index in [-0.39, 0.29) is 0 Å². The first-order valence-corrected chi connectivity index (χ1v) is 9.23. The normalized spacial score (nSPS) is 16.8. The first-order chi connectivity index (χ1) is 9.86. The van der Waals surface area contributed by atoms with Gasteiger partial charge in [-0.25, -0.2) is 8.42 Å². The Morgan fingerprint density at radius 1 is 1.29 bits per heavy atom. The van der Waals surface area contributed by atoms with Crippen molar-refractivity contribution < 1.29 is 8.42 Å². The van der Waals surface area contributed by atoms with Crippen LogP contribution in [0.4, 0.5) is 0 Å². The van der Waals surface area contributed by atoms with Crippen LogP contribution in [0.1, 0.15) is 5.56 Å². The minimum absolute atomic E-state index is 0.341. The Kier molecular flexibility index (Phi) is 5.24. The number of aryl methyl sites for hydroxylation is 1. The Balaban J connectivity index is 2.14. The zero-order chi connectivity index (χ0) is 15.6. The molecular weight excluding hydrogens is 374 g/mol. The van der Waals surface area contributed by atoms with Crippen LogP contribution in [0.5, 0.6) is 0 Å². The predicted molar refractivity (Wildman–Crippen MR) is 90.9 cm³/mol. The van der Waals surface area contributed by atoms with Gasteiger partial charge < -0.3 is 10.2 Å². The van der Waals surface area contributed by atoms with Gasteiger partial charge >= 0.3 is 0 Å². The van der Waals surface area contributed by atoms with E-state index < -0.39 is 10.0 Å². The van der Waals surface area contributed by atoms with E-state index in [9.17, 15) is 8.42 Å². The molecule has 1 heterocycles. The Bertz CT molecular complexity index is 641. The van der Waals surface area contributed by atoms with E-state index in [2.05, 4.69) is 21.2 Å². The highest BCUT2D eigenvalue weighted by Gasteiger charge is 2.29. The molecule has 1 N–H and O–H groups in total. The molecule has 1 aromatic carbocycles. The van der Waals surface area contributed by atoms with Crippen LogP contribution >= 0.6 is 28.1 Å². The summed E-state index contributed by atoms with van der Waals surface area (Å²) in [6.45, 7) is 3.98. The Morgan fingerprint density at radius 2 is 1.90 bits per heavy atom.